The van der Waals surface area contributed by atoms with Crippen molar-refractivity contribution in [3.8, 4) is 11.9 Å². The number of aliphatic imine (C=N–C) groups is 1. The molecular weight excluding hydrogens is 346 g/mol. The molecule has 1 fully saturated rings. The minimum absolute atomic E-state index is 0.280. The normalized spacial score (nSPS) is 16.8. The molecule has 1 N–H and O–H groups in total. The van der Waals surface area contributed by atoms with Gasteiger partial charge in [0.2, 0.25) is 6.19 Å². The van der Waals surface area contributed by atoms with Crippen molar-refractivity contribution in [2.24, 2.45) is 4.99 Å². The summed E-state index contributed by atoms with van der Waals surface area (Å²) in [5, 5.41) is 11.4. The first kappa shape index (κ1) is 17.5. The minimum Gasteiger partial charge on any atom is -0.496 e. The van der Waals surface area contributed by atoms with E-state index in [0.29, 0.717) is 10.7 Å². The minimum atomic E-state index is -0.281. The van der Waals surface area contributed by atoms with Gasteiger partial charge in [0.15, 0.2) is 5.17 Å². The Morgan fingerprint density at radius 3 is 2.65 bits per heavy atom. The van der Waals surface area contributed by atoms with E-state index >= 15 is 0 Å². The number of methoxy groups -OCH3 is 1. The van der Waals surface area contributed by atoms with Gasteiger partial charge in [0.25, 0.3) is 5.91 Å². The van der Waals surface area contributed by atoms with Crippen molar-refractivity contribution in [1.29, 1.82) is 5.26 Å². The zero-order chi connectivity index (χ0) is 18.4. The topological polar surface area (TPSA) is 74.5 Å². The van der Waals surface area contributed by atoms with Crippen molar-refractivity contribution >= 4 is 41.1 Å². The maximum atomic E-state index is 12.0. The monoisotopic (exact) mass is 361 g/mol. The Morgan fingerprint density at radius 1 is 1.15 bits per heavy atom. The van der Waals surface area contributed by atoms with Gasteiger partial charge in [-0.1, -0.05) is 48.6 Å². The van der Waals surface area contributed by atoms with E-state index in [1.165, 1.54) is 0 Å². The van der Waals surface area contributed by atoms with Crippen LogP contribution < -0.4 is 10.1 Å². The molecule has 1 aliphatic rings. The van der Waals surface area contributed by atoms with Crippen molar-refractivity contribution in [2.45, 2.75) is 0 Å². The number of nitrogens with zero attached hydrogens (tertiary/aromatic N) is 2. The fraction of sp³-hybridized carbons (Fsp3) is 0.0500. The highest BCUT2D eigenvalue weighted by atomic mass is 32.2. The van der Waals surface area contributed by atoms with Gasteiger partial charge >= 0.3 is 0 Å². The predicted molar refractivity (Wildman–Crippen MR) is 105 cm³/mol. The molecule has 2 aromatic carbocycles. The Morgan fingerprint density at radius 2 is 1.92 bits per heavy atom. The molecule has 3 rings (SSSR count). The molecule has 0 radical (unpaired) electrons. The van der Waals surface area contributed by atoms with E-state index in [-0.39, 0.29) is 11.1 Å². The van der Waals surface area contributed by atoms with Gasteiger partial charge in [-0.25, -0.2) is 0 Å². The molecule has 0 bridgehead atoms. The van der Waals surface area contributed by atoms with E-state index < -0.39 is 0 Å². The Balaban J connectivity index is 1.90. The summed E-state index contributed by atoms with van der Waals surface area (Å²) in [6.45, 7) is 0. The lowest BCUT2D eigenvalue weighted by Crippen LogP contribution is -2.19. The highest BCUT2D eigenvalue weighted by molar-refractivity contribution is 8.18. The van der Waals surface area contributed by atoms with Crippen LogP contribution in [0.4, 0.5) is 0 Å². The summed E-state index contributed by atoms with van der Waals surface area (Å²) in [6.07, 6.45) is 7.43. The molecule has 0 aliphatic carbocycles. The highest BCUT2D eigenvalue weighted by Gasteiger charge is 2.24. The molecule has 0 aromatic heterocycles. The van der Waals surface area contributed by atoms with Crippen molar-refractivity contribution in [3.63, 3.8) is 0 Å². The lowest BCUT2D eigenvalue weighted by molar-refractivity contribution is -0.115. The molecule has 1 heterocycles. The SMILES string of the molecule is COc1ccc(C=Cc2ccccc2)cc1/C=C1/SC(=NC#N)NC1=O. The Hall–Kier alpha value is -3.30. The van der Waals surface area contributed by atoms with Crippen LogP contribution in [-0.4, -0.2) is 18.2 Å². The average molecular weight is 361 g/mol. The average Bonchev–Trinajstić information content (AvgIpc) is 3.00. The summed E-state index contributed by atoms with van der Waals surface area (Å²) in [4.78, 5) is 16.0. The van der Waals surface area contributed by atoms with Gasteiger partial charge in [0.1, 0.15) is 5.75 Å². The molecule has 5 nitrogen and oxygen atoms in total. The second-order valence-electron chi connectivity index (χ2n) is 5.33. The molecule has 26 heavy (non-hydrogen) atoms. The number of rotatable bonds is 4. The van der Waals surface area contributed by atoms with Crippen LogP contribution in [0, 0.1) is 11.5 Å². The van der Waals surface area contributed by atoms with Crippen LogP contribution in [0.15, 0.2) is 58.4 Å². The van der Waals surface area contributed by atoms with Crippen LogP contribution in [0.5, 0.6) is 5.75 Å². The molecule has 0 unspecified atom stereocenters. The zero-order valence-electron chi connectivity index (χ0n) is 14.0. The maximum absolute atomic E-state index is 12.0. The summed E-state index contributed by atoms with van der Waals surface area (Å²) >= 11 is 1.13. The second kappa shape index (κ2) is 8.19. The number of hydrogen-bond acceptors (Lipinski definition) is 5. The van der Waals surface area contributed by atoms with E-state index in [2.05, 4.69) is 10.3 Å². The maximum Gasteiger partial charge on any atom is 0.264 e. The molecule has 128 valence electrons. The van der Waals surface area contributed by atoms with E-state index in [0.717, 1.165) is 28.5 Å². The van der Waals surface area contributed by atoms with Crippen LogP contribution in [0.1, 0.15) is 16.7 Å². The Labute approximate surface area is 155 Å². The molecule has 1 aliphatic heterocycles. The van der Waals surface area contributed by atoms with Gasteiger partial charge in [-0.15, -0.1) is 4.99 Å². The standard InChI is InChI=1S/C20H15N3O2S/c1-25-17-10-9-15(8-7-14-5-3-2-4-6-14)11-16(17)12-18-19(24)23-20(26-18)22-13-21/h2-12H,1H3,(H,22,23,24)/b8-7?,18-12+. The molecular formula is C20H15N3O2S. The number of hydrogen-bond donors (Lipinski definition) is 1. The predicted octanol–water partition coefficient (Wildman–Crippen LogP) is 3.91. The first-order valence-corrected chi connectivity index (χ1v) is 8.60. The molecule has 0 atom stereocenters. The number of thioether (sulfide) groups is 1. The number of amidine groups is 1. The second-order valence-corrected chi connectivity index (χ2v) is 6.36. The van der Waals surface area contributed by atoms with Crippen molar-refractivity contribution < 1.29 is 9.53 Å². The van der Waals surface area contributed by atoms with Gasteiger partial charge in [-0.3, -0.25) is 10.1 Å². The van der Waals surface area contributed by atoms with Crippen LogP contribution in [0.25, 0.3) is 18.2 Å². The Kier molecular flexibility index (Phi) is 5.52. The van der Waals surface area contributed by atoms with Crippen LogP contribution >= 0.6 is 11.8 Å². The van der Waals surface area contributed by atoms with Crippen molar-refractivity contribution in [2.75, 3.05) is 7.11 Å². The highest BCUT2D eigenvalue weighted by Crippen LogP contribution is 2.30. The lowest BCUT2D eigenvalue weighted by atomic mass is 10.1. The first-order chi connectivity index (χ1) is 12.7. The molecule has 1 amide bonds. The summed E-state index contributed by atoms with van der Waals surface area (Å²) in [6, 6.07) is 15.8. The number of nitriles is 1. The van der Waals surface area contributed by atoms with Gasteiger partial charge in [-0.2, -0.15) is 5.26 Å². The molecule has 0 spiro atoms. The summed E-state index contributed by atoms with van der Waals surface area (Å²) < 4.78 is 5.39. The fourth-order valence-electron chi connectivity index (χ4n) is 2.39. The van der Waals surface area contributed by atoms with E-state index in [1.807, 2.05) is 60.7 Å². The van der Waals surface area contributed by atoms with Gasteiger partial charge in [0.05, 0.1) is 12.0 Å². The Bertz CT molecular complexity index is 957. The summed E-state index contributed by atoms with van der Waals surface area (Å²) in [5.74, 6) is 0.379. The van der Waals surface area contributed by atoms with Gasteiger partial charge < -0.3 is 4.74 Å². The summed E-state index contributed by atoms with van der Waals surface area (Å²) in [7, 11) is 1.58. The fourth-order valence-corrected chi connectivity index (χ4v) is 3.16. The zero-order valence-corrected chi connectivity index (χ0v) is 14.8. The number of amides is 1. The van der Waals surface area contributed by atoms with Crippen LogP contribution in [0.2, 0.25) is 0 Å². The third kappa shape index (κ3) is 4.21. The molecule has 6 heteroatoms. The number of ether oxygens (including phenoxy) is 1. The van der Waals surface area contributed by atoms with Gasteiger partial charge in [0, 0.05) is 5.56 Å². The number of carbonyl (C=O) groups is 1. The lowest BCUT2D eigenvalue weighted by Gasteiger charge is -2.06. The van der Waals surface area contributed by atoms with Crippen LogP contribution in [-0.2, 0) is 4.79 Å². The van der Waals surface area contributed by atoms with Gasteiger partial charge in [-0.05, 0) is 41.1 Å². The van der Waals surface area contributed by atoms with E-state index in [4.69, 9.17) is 10.00 Å². The number of nitrogens with one attached hydrogen (secondary N) is 1. The summed E-state index contributed by atoms with van der Waals surface area (Å²) in [5.41, 5.74) is 2.86. The number of benzene rings is 2. The molecule has 2 aromatic rings. The first-order valence-electron chi connectivity index (χ1n) is 7.78. The van der Waals surface area contributed by atoms with Crippen molar-refractivity contribution in [3.05, 3.63) is 70.1 Å². The quantitative estimate of drug-likeness (QED) is 0.509. The third-order valence-electron chi connectivity index (χ3n) is 3.61. The van der Waals surface area contributed by atoms with E-state index in [1.54, 1.807) is 19.4 Å². The smallest absolute Gasteiger partial charge is 0.264 e. The molecule has 0 saturated carbocycles. The van der Waals surface area contributed by atoms with E-state index in [9.17, 15) is 4.79 Å². The van der Waals surface area contributed by atoms with Crippen molar-refractivity contribution in [1.82, 2.24) is 5.32 Å². The third-order valence-corrected chi connectivity index (χ3v) is 4.52. The number of carbonyl (C=O) groups excluding carboxylic acids is 1. The molecule has 1 saturated heterocycles. The largest absolute Gasteiger partial charge is 0.496 e. The van der Waals surface area contributed by atoms with Crippen LogP contribution in [0.3, 0.4) is 0 Å².